The van der Waals surface area contributed by atoms with E-state index in [-0.39, 0.29) is 17.1 Å². The normalized spacial score (nSPS) is 19.6. The summed E-state index contributed by atoms with van der Waals surface area (Å²) in [6.07, 6.45) is 1.07. The summed E-state index contributed by atoms with van der Waals surface area (Å²) in [7, 11) is -2.33. The molecule has 116 valence electrons. The number of hydrogen-bond acceptors (Lipinski definition) is 4. The highest BCUT2D eigenvalue weighted by atomic mass is 32.2. The van der Waals surface area contributed by atoms with E-state index in [1.165, 1.54) is 11.4 Å². The summed E-state index contributed by atoms with van der Waals surface area (Å²) in [6, 6.07) is 4.46. The van der Waals surface area contributed by atoms with E-state index < -0.39 is 22.0 Å². The van der Waals surface area contributed by atoms with Crippen molar-refractivity contribution in [3.05, 3.63) is 23.8 Å². The van der Waals surface area contributed by atoms with Gasteiger partial charge in [0.25, 0.3) is 0 Å². The maximum Gasteiger partial charge on any atom is 0.304 e. The largest absolute Gasteiger partial charge is 0.495 e. The first-order valence-corrected chi connectivity index (χ1v) is 8.18. The Morgan fingerprint density at radius 2 is 2.19 bits per heavy atom. The van der Waals surface area contributed by atoms with Crippen molar-refractivity contribution in [3.63, 3.8) is 0 Å². The molecule has 1 N–H and O–H groups in total. The SMILES string of the molecule is COc1ccc(C)cc1S(=O)(=O)N1CCCC1CC(=O)O. The molecular weight excluding hydrogens is 294 g/mol. The molecule has 0 spiro atoms. The summed E-state index contributed by atoms with van der Waals surface area (Å²) in [4.78, 5) is 11.0. The monoisotopic (exact) mass is 313 g/mol. The number of aryl methyl sites for hydroxylation is 1. The van der Waals surface area contributed by atoms with Crippen LogP contribution in [0.4, 0.5) is 0 Å². The third kappa shape index (κ3) is 3.19. The van der Waals surface area contributed by atoms with E-state index in [1.807, 2.05) is 0 Å². The Balaban J connectivity index is 2.42. The minimum atomic E-state index is -3.75. The van der Waals surface area contributed by atoms with E-state index in [9.17, 15) is 13.2 Å². The van der Waals surface area contributed by atoms with Crippen LogP contribution in [0.25, 0.3) is 0 Å². The van der Waals surface area contributed by atoms with Gasteiger partial charge in [-0.1, -0.05) is 6.07 Å². The van der Waals surface area contributed by atoms with Crippen LogP contribution < -0.4 is 4.74 Å². The van der Waals surface area contributed by atoms with Gasteiger partial charge in [-0.2, -0.15) is 4.31 Å². The van der Waals surface area contributed by atoms with Gasteiger partial charge in [0.15, 0.2) is 0 Å². The van der Waals surface area contributed by atoms with E-state index in [0.717, 1.165) is 5.56 Å². The molecule has 2 rings (SSSR count). The second kappa shape index (κ2) is 6.03. The fourth-order valence-corrected chi connectivity index (χ4v) is 4.58. The van der Waals surface area contributed by atoms with Crippen LogP contribution in [0.5, 0.6) is 5.75 Å². The third-order valence-electron chi connectivity index (χ3n) is 3.64. The highest BCUT2D eigenvalue weighted by Gasteiger charge is 2.37. The molecule has 1 unspecified atom stereocenters. The lowest BCUT2D eigenvalue weighted by molar-refractivity contribution is -0.137. The van der Waals surface area contributed by atoms with E-state index in [4.69, 9.17) is 9.84 Å². The standard InChI is InChI=1S/C14H19NO5S/c1-10-5-6-12(20-2)13(8-10)21(18,19)15-7-3-4-11(15)9-14(16)17/h5-6,8,11H,3-4,7,9H2,1-2H3,(H,16,17). The predicted molar refractivity (Wildman–Crippen MR) is 76.9 cm³/mol. The summed E-state index contributed by atoms with van der Waals surface area (Å²) in [6.45, 7) is 2.15. The molecule has 6 nitrogen and oxygen atoms in total. The van der Waals surface area contributed by atoms with Gasteiger partial charge in [0, 0.05) is 12.6 Å². The molecule has 1 aromatic carbocycles. The van der Waals surface area contributed by atoms with Crippen molar-refractivity contribution in [3.8, 4) is 5.75 Å². The number of aliphatic carboxylic acids is 1. The van der Waals surface area contributed by atoms with Crippen LogP contribution in [-0.2, 0) is 14.8 Å². The van der Waals surface area contributed by atoms with Gasteiger partial charge in [0.2, 0.25) is 10.0 Å². The second-order valence-electron chi connectivity index (χ2n) is 5.16. The minimum Gasteiger partial charge on any atom is -0.495 e. The molecule has 1 atom stereocenters. The van der Waals surface area contributed by atoms with E-state index >= 15 is 0 Å². The number of rotatable bonds is 5. The van der Waals surface area contributed by atoms with Crippen molar-refractivity contribution in [2.24, 2.45) is 0 Å². The number of carboxylic acid groups (broad SMARTS) is 1. The van der Waals surface area contributed by atoms with Crippen LogP contribution >= 0.6 is 0 Å². The Hall–Kier alpha value is -1.60. The maximum atomic E-state index is 12.8. The van der Waals surface area contributed by atoms with E-state index in [1.54, 1.807) is 25.1 Å². The zero-order chi connectivity index (χ0) is 15.6. The summed E-state index contributed by atoms with van der Waals surface area (Å²) in [5.74, 6) is -0.708. The molecule has 21 heavy (non-hydrogen) atoms. The van der Waals surface area contributed by atoms with E-state index in [0.29, 0.717) is 19.4 Å². The Kier molecular flexibility index (Phi) is 4.53. The Labute approximate surface area is 124 Å². The number of benzene rings is 1. The smallest absolute Gasteiger partial charge is 0.304 e. The zero-order valence-electron chi connectivity index (χ0n) is 12.1. The van der Waals surface area contributed by atoms with Gasteiger partial charge in [-0.15, -0.1) is 0 Å². The van der Waals surface area contributed by atoms with Gasteiger partial charge in [-0.25, -0.2) is 8.42 Å². The number of carbonyl (C=O) groups is 1. The number of carboxylic acids is 1. The van der Waals surface area contributed by atoms with Crippen molar-refractivity contribution in [1.82, 2.24) is 4.31 Å². The topological polar surface area (TPSA) is 83.9 Å². The molecule has 1 saturated heterocycles. The van der Waals surface area contributed by atoms with Crippen molar-refractivity contribution in [2.75, 3.05) is 13.7 Å². The molecule has 0 saturated carbocycles. The van der Waals surface area contributed by atoms with Crippen LogP contribution in [0.1, 0.15) is 24.8 Å². The molecule has 1 heterocycles. The molecule has 1 aliphatic heterocycles. The second-order valence-corrected chi connectivity index (χ2v) is 7.02. The van der Waals surface area contributed by atoms with Crippen LogP contribution in [0.15, 0.2) is 23.1 Å². The number of ether oxygens (including phenoxy) is 1. The first kappa shape index (κ1) is 15.8. The fraction of sp³-hybridized carbons (Fsp3) is 0.500. The molecule has 0 aromatic heterocycles. The molecular formula is C14H19NO5S. The Morgan fingerprint density at radius 3 is 2.81 bits per heavy atom. The van der Waals surface area contributed by atoms with Crippen LogP contribution in [0.3, 0.4) is 0 Å². The van der Waals surface area contributed by atoms with Gasteiger partial charge >= 0.3 is 5.97 Å². The lowest BCUT2D eigenvalue weighted by Crippen LogP contribution is -2.37. The molecule has 1 fully saturated rings. The molecule has 7 heteroatoms. The molecule has 0 aliphatic carbocycles. The number of sulfonamides is 1. The van der Waals surface area contributed by atoms with E-state index in [2.05, 4.69) is 0 Å². The Bertz CT molecular complexity index is 641. The van der Waals surface area contributed by atoms with Crippen LogP contribution in [-0.4, -0.2) is 43.5 Å². The van der Waals surface area contributed by atoms with Crippen molar-refractivity contribution in [1.29, 1.82) is 0 Å². The summed E-state index contributed by atoms with van der Waals surface area (Å²) in [5.41, 5.74) is 0.809. The lowest BCUT2D eigenvalue weighted by atomic mass is 10.2. The van der Waals surface area contributed by atoms with Crippen LogP contribution in [0, 0.1) is 6.92 Å². The molecule has 1 aromatic rings. The van der Waals surface area contributed by atoms with Gasteiger partial charge in [0.05, 0.1) is 13.5 Å². The quantitative estimate of drug-likeness (QED) is 0.893. The minimum absolute atomic E-state index is 0.0993. The highest BCUT2D eigenvalue weighted by molar-refractivity contribution is 7.89. The van der Waals surface area contributed by atoms with Crippen LogP contribution in [0.2, 0.25) is 0 Å². The first-order chi connectivity index (χ1) is 9.86. The molecule has 1 aliphatic rings. The van der Waals surface area contributed by atoms with Gasteiger partial charge in [-0.3, -0.25) is 4.79 Å². The Morgan fingerprint density at radius 1 is 1.48 bits per heavy atom. The average molecular weight is 313 g/mol. The van der Waals surface area contributed by atoms with Gasteiger partial charge < -0.3 is 9.84 Å². The van der Waals surface area contributed by atoms with Crippen molar-refractivity contribution in [2.45, 2.75) is 37.1 Å². The number of hydrogen-bond donors (Lipinski definition) is 1. The molecule has 0 radical (unpaired) electrons. The molecule has 0 amide bonds. The maximum absolute atomic E-state index is 12.8. The van der Waals surface area contributed by atoms with Gasteiger partial charge in [-0.05, 0) is 37.5 Å². The zero-order valence-corrected chi connectivity index (χ0v) is 12.9. The van der Waals surface area contributed by atoms with Crippen molar-refractivity contribution < 1.29 is 23.1 Å². The van der Waals surface area contributed by atoms with Gasteiger partial charge in [0.1, 0.15) is 10.6 Å². The number of nitrogens with zero attached hydrogens (tertiary/aromatic N) is 1. The highest BCUT2D eigenvalue weighted by Crippen LogP contribution is 2.33. The molecule has 0 bridgehead atoms. The predicted octanol–water partition coefficient (Wildman–Crippen LogP) is 1.63. The first-order valence-electron chi connectivity index (χ1n) is 6.74. The lowest BCUT2D eigenvalue weighted by Gasteiger charge is -2.24. The number of methoxy groups -OCH3 is 1. The average Bonchev–Trinajstić information content (AvgIpc) is 2.86. The fourth-order valence-electron chi connectivity index (χ4n) is 2.64. The summed E-state index contributed by atoms with van der Waals surface area (Å²) >= 11 is 0. The summed E-state index contributed by atoms with van der Waals surface area (Å²) < 4.78 is 32.1. The summed E-state index contributed by atoms with van der Waals surface area (Å²) in [5, 5.41) is 8.93. The third-order valence-corrected chi connectivity index (χ3v) is 5.61. The van der Waals surface area contributed by atoms with Crippen molar-refractivity contribution >= 4 is 16.0 Å².